The van der Waals surface area contributed by atoms with Crippen LogP contribution in [0, 0.1) is 5.82 Å². The molecule has 2 amide bonds. The zero-order valence-corrected chi connectivity index (χ0v) is 15.3. The highest BCUT2D eigenvalue weighted by molar-refractivity contribution is 6.04. The molecule has 6 heteroatoms. The van der Waals surface area contributed by atoms with Crippen LogP contribution in [0.5, 0.6) is 5.75 Å². The van der Waals surface area contributed by atoms with E-state index in [0.29, 0.717) is 11.3 Å². The van der Waals surface area contributed by atoms with Crippen LogP contribution in [0.2, 0.25) is 0 Å². The van der Waals surface area contributed by atoms with E-state index in [9.17, 15) is 14.0 Å². The fourth-order valence-corrected chi connectivity index (χ4v) is 3.16. The fourth-order valence-electron chi connectivity index (χ4n) is 3.16. The van der Waals surface area contributed by atoms with Crippen molar-refractivity contribution < 1.29 is 18.7 Å². The van der Waals surface area contributed by atoms with Crippen molar-refractivity contribution in [3.8, 4) is 5.75 Å². The normalized spacial score (nSPS) is 14.4. The predicted octanol–water partition coefficient (Wildman–Crippen LogP) is 4.10. The van der Waals surface area contributed by atoms with Crippen molar-refractivity contribution in [1.82, 2.24) is 4.90 Å². The third kappa shape index (κ3) is 4.64. The molecule has 2 aromatic rings. The van der Waals surface area contributed by atoms with Crippen molar-refractivity contribution >= 4 is 17.5 Å². The number of rotatable bonds is 4. The molecule has 1 heterocycles. The monoisotopic (exact) mass is 370 g/mol. The lowest BCUT2D eigenvalue weighted by Gasteiger charge is -2.20. The Morgan fingerprint density at radius 2 is 1.59 bits per heavy atom. The molecule has 1 N–H and O–H groups in total. The number of hydrogen-bond donors (Lipinski definition) is 1. The Hall–Kier alpha value is -2.89. The molecule has 142 valence electrons. The summed E-state index contributed by atoms with van der Waals surface area (Å²) in [5.74, 6) is -0.915. The van der Waals surface area contributed by atoms with Crippen molar-refractivity contribution in [1.29, 1.82) is 0 Å². The van der Waals surface area contributed by atoms with Gasteiger partial charge in [0.1, 0.15) is 0 Å². The van der Waals surface area contributed by atoms with Crippen LogP contribution in [0.25, 0.3) is 0 Å². The summed E-state index contributed by atoms with van der Waals surface area (Å²) in [6.45, 7) is 1.58. The van der Waals surface area contributed by atoms with E-state index in [1.807, 2.05) is 4.90 Å². The third-order valence-corrected chi connectivity index (χ3v) is 4.70. The molecule has 27 heavy (non-hydrogen) atoms. The first-order valence-corrected chi connectivity index (χ1v) is 9.13. The second kappa shape index (κ2) is 8.66. The van der Waals surface area contributed by atoms with Gasteiger partial charge in [-0.25, -0.2) is 4.39 Å². The Bertz CT molecular complexity index is 813. The second-order valence-electron chi connectivity index (χ2n) is 6.59. The zero-order valence-electron chi connectivity index (χ0n) is 15.3. The number of hydrogen-bond acceptors (Lipinski definition) is 3. The third-order valence-electron chi connectivity index (χ3n) is 4.70. The first-order valence-electron chi connectivity index (χ1n) is 9.13. The number of nitrogens with one attached hydrogen (secondary N) is 1. The molecule has 1 saturated heterocycles. The SMILES string of the molecule is COc1ccc(C(=O)Nc2ccc(C(=O)N3CCCCCC3)cc2)cc1F. The molecule has 1 aliphatic heterocycles. The van der Waals surface area contributed by atoms with Gasteiger partial charge in [0.15, 0.2) is 11.6 Å². The number of methoxy groups -OCH3 is 1. The average Bonchev–Trinajstić information content (AvgIpc) is 2.97. The highest BCUT2D eigenvalue weighted by atomic mass is 19.1. The van der Waals surface area contributed by atoms with Gasteiger partial charge in [-0.2, -0.15) is 0 Å². The van der Waals surface area contributed by atoms with E-state index in [-0.39, 0.29) is 17.2 Å². The highest BCUT2D eigenvalue weighted by Crippen LogP contribution is 2.19. The van der Waals surface area contributed by atoms with Crippen LogP contribution in [0.3, 0.4) is 0 Å². The molecule has 0 bridgehead atoms. The van der Waals surface area contributed by atoms with E-state index >= 15 is 0 Å². The quantitative estimate of drug-likeness (QED) is 0.881. The number of benzene rings is 2. The van der Waals surface area contributed by atoms with E-state index < -0.39 is 11.7 Å². The van der Waals surface area contributed by atoms with Crippen molar-refractivity contribution in [2.75, 3.05) is 25.5 Å². The molecule has 0 saturated carbocycles. The molecule has 3 rings (SSSR count). The molecule has 0 atom stereocenters. The average molecular weight is 370 g/mol. The standard InChI is InChI=1S/C21H23FN2O3/c1-27-19-11-8-16(14-18(19)22)20(25)23-17-9-6-15(7-10-17)21(26)24-12-4-2-3-5-13-24/h6-11,14H,2-5,12-13H2,1H3,(H,23,25). The van der Waals surface area contributed by atoms with E-state index in [4.69, 9.17) is 4.74 Å². The van der Waals surface area contributed by atoms with Gasteiger partial charge >= 0.3 is 0 Å². The van der Waals surface area contributed by atoms with Crippen molar-refractivity contribution in [2.45, 2.75) is 25.7 Å². The smallest absolute Gasteiger partial charge is 0.255 e. The maximum Gasteiger partial charge on any atom is 0.255 e. The minimum Gasteiger partial charge on any atom is -0.494 e. The summed E-state index contributed by atoms with van der Waals surface area (Å²) in [5.41, 5.74) is 1.34. The molecule has 2 aromatic carbocycles. The molecule has 0 spiro atoms. The topological polar surface area (TPSA) is 58.6 Å². The van der Waals surface area contributed by atoms with Crippen molar-refractivity contribution in [3.63, 3.8) is 0 Å². The zero-order chi connectivity index (χ0) is 19.2. The summed E-state index contributed by atoms with van der Waals surface area (Å²) in [6, 6.07) is 10.8. The van der Waals surface area contributed by atoms with Gasteiger partial charge < -0.3 is 15.0 Å². The minimum absolute atomic E-state index is 0.0204. The summed E-state index contributed by atoms with van der Waals surface area (Å²) in [5, 5.41) is 2.71. The van der Waals surface area contributed by atoms with Crippen LogP contribution in [-0.2, 0) is 0 Å². The van der Waals surface area contributed by atoms with Gasteiger partial charge in [-0.15, -0.1) is 0 Å². The number of anilines is 1. The van der Waals surface area contributed by atoms with Gasteiger partial charge in [0.25, 0.3) is 11.8 Å². The lowest BCUT2D eigenvalue weighted by Crippen LogP contribution is -2.31. The number of carbonyl (C=O) groups excluding carboxylic acids is 2. The molecule has 0 aromatic heterocycles. The van der Waals surface area contributed by atoms with Crippen LogP contribution in [0.15, 0.2) is 42.5 Å². The summed E-state index contributed by atoms with van der Waals surface area (Å²) in [7, 11) is 1.37. The highest BCUT2D eigenvalue weighted by Gasteiger charge is 2.17. The number of halogens is 1. The Balaban J connectivity index is 1.65. The first kappa shape index (κ1) is 18.9. The summed E-state index contributed by atoms with van der Waals surface area (Å²) >= 11 is 0. The van der Waals surface area contributed by atoms with Gasteiger partial charge in [0, 0.05) is 29.9 Å². The summed E-state index contributed by atoms with van der Waals surface area (Å²) < 4.78 is 18.6. The van der Waals surface area contributed by atoms with Crippen LogP contribution in [0.1, 0.15) is 46.4 Å². The number of likely N-dealkylation sites (tertiary alicyclic amines) is 1. The van der Waals surface area contributed by atoms with Crippen LogP contribution in [-0.4, -0.2) is 36.9 Å². The number of ether oxygens (including phenoxy) is 1. The molecule has 0 unspecified atom stereocenters. The number of amides is 2. The Labute approximate surface area is 158 Å². The Morgan fingerprint density at radius 1 is 0.963 bits per heavy atom. The van der Waals surface area contributed by atoms with Gasteiger partial charge in [-0.3, -0.25) is 9.59 Å². The number of carbonyl (C=O) groups is 2. The summed E-state index contributed by atoms with van der Waals surface area (Å²) in [4.78, 5) is 26.8. The van der Waals surface area contributed by atoms with Gasteiger partial charge in [0.2, 0.25) is 0 Å². The van der Waals surface area contributed by atoms with Crippen molar-refractivity contribution in [2.24, 2.45) is 0 Å². The van der Waals surface area contributed by atoms with Gasteiger partial charge in [-0.05, 0) is 55.3 Å². The molecular weight excluding hydrogens is 347 g/mol. The van der Waals surface area contributed by atoms with E-state index in [0.717, 1.165) is 32.0 Å². The predicted molar refractivity (Wildman–Crippen MR) is 102 cm³/mol. The maximum absolute atomic E-state index is 13.7. The fraction of sp³-hybridized carbons (Fsp3) is 0.333. The molecule has 0 radical (unpaired) electrons. The Morgan fingerprint density at radius 3 is 2.19 bits per heavy atom. The number of nitrogens with zero attached hydrogens (tertiary/aromatic N) is 1. The van der Waals surface area contributed by atoms with E-state index in [1.54, 1.807) is 24.3 Å². The molecule has 5 nitrogen and oxygen atoms in total. The van der Waals surface area contributed by atoms with Crippen molar-refractivity contribution in [3.05, 3.63) is 59.4 Å². The molecule has 1 aliphatic rings. The minimum atomic E-state index is -0.594. The maximum atomic E-state index is 13.7. The second-order valence-corrected chi connectivity index (χ2v) is 6.59. The largest absolute Gasteiger partial charge is 0.494 e. The Kier molecular flexibility index (Phi) is 6.06. The van der Waals surface area contributed by atoms with E-state index in [1.165, 1.54) is 32.1 Å². The van der Waals surface area contributed by atoms with Crippen LogP contribution < -0.4 is 10.1 Å². The van der Waals surface area contributed by atoms with Gasteiger partial charge in [0.05, 0.1) is 7.11 Å². The van der Waals surface area contributed by atoms with Gasteiger partial charge in [-0.1, -0.05) is 12.8 Å². The summed E-state index contributed by atoms with van der Waals surface area (Å²) in [6.07, 6.45) is 4.41. The van der Waals surface area contributed by atoms with Crippen LogP contribution >= 0.6 is 0 Å². The molecule has 1 fully saturated rings. The molecule has 0 aliphatic carbocycles. The lowest BCUT2D eigenvalue weighted by atomic mass is 10.1. The van der Waals surface area contributed by atoms with E-state index in [2.05, 4.69) is 5.32 Å². The van der Waals surface area contributed by atoms with Crippen LogP contribution in [0.4, 0.5) is 10.1 Å². The first-order chi connectivity index (χ1) is 13.1. The lowest BCUT2D eigenvalue weighted by molar-refractivity contribution is 0.0761. The molecular formula is C21H23FN2O3.